The van der Waals surface area contributed by atoms with E-state index >= 15 is 0 Å². The fourth-order valence-electron chi connectivity index (χ4n) is 2.47. The van der Waals surface area contributed by atoms with Gasteiger partial charge in [-0.25, -0.2) is 0 Å². The van der Waals surface area contributed by atoms with E-state index in [0.717, 1.165) is 19.5 Å². The first kappa shape index (κ1) is 12.4. The number of aryl methyl sites for hydroxylation is 2. The van der Waals surface area contributed by atoms with E-state index in [4.69, 9.17) is 5.11 Å². The van der Waals surface area contributed by atoms with Gasteiger partial charge < -0.3 is 15.3 Å². The van der Waals surface area contributed by atoms with Gasteiger partial charge in [0.2, 0.25) is 0 Å². The molecule has 1 aliphatic heterocycles. The van der Waals surface area contributed by atoms with Crippen molar-refractivity contribution in [2.24, 2.45) is 0 Å². The summed E-state index contributed by atoms with van der Waals surface area (Å²) in [6.45, 7) is 7.38. The number of anilines is 1. The molecular weight excluding hydrogens is 212 g/mol. The summed E-state index contributed by atoms with van der Waals surface area (Å²) in [5.41, 5.74) is 4.02. The van der Waals surface area contributed by atoms with Crippen molar-refractivity contribution in [2.75, 3.05) is 31.1 Å². The summed E-state index contributed by atoms with van der Waals surface area (Å²) in [6, 6.07) is 7.14. The normalized spacial score (nSPS) is 19.9. The molecular formula is C14H22N2O. The van der Waals surface area contributed by atoms with Crippen molar-refractivity contribution in [1.29, 1.82) is 0 Å². The molecule has 2 rings (SSSR count). The van der Waals surface area contributed by atoms with E-state index < -0.39 is 0 Å². The van der Waals surface area contributed by atoms with Crippen molar-refractivity contribution in [1.82, 2.24) is 5.32 Å². The number of nitrogens with one attached hydrogen (secondary N) is 1. The Labute approximate surface area is 103 Å². The highest BCUT2D eigenvalue weighted by atomic mass is 16.3. The third kappa shape index (κ3) is 2.99. The molecule has 1 unspecified atom stereocenters. The quantitative estimate of drug-likeness (QED) is 0.828. The Bertz CT molecular complexity index is 378. The Morgan fingerprint density at radius 1 is 1.41 bits per heavy atom. The van der Waals surface area contributed by atoms with Crippen LogP contribution >= 0.6 is 0 Å². The lowest BCUT2D eigenvalue weighted by molar-refractivity contribution is 0.286. The molecule has 94 valence electrons. The fourth-order valence-corrected chi connectivity index (χ4v) is 2.47. The van der Waals surface area contributed by atoms with Crippen molar-refractivity contribution < 1.29 is 5.11 Å². The van der Waals surface area contributed by atoms with Gasteiger partial charge >= 0.3 is 0 Å². The predicted octanol–water partition coefficient (Wildman–Crippen LogP) is 1.46. The summed E-state index contributed by atoms with van der Waals surface area (Å²) in [5.74, 6) is 0. The fraction of sp³-hybridized carbons (Fsp3) is 0.571. The highest BCUT2D eigenvalue weighted by Gasteiger charge is 2.22. The second-order valence-corrected chi connectivity index (χ2v) is 4.90. The van der Waals surface area contributed by atoms with Crippen LogP contribution in [0, 0.1) is 13.8 Å². The minimum Gasteiger partial charge on any atom is -0.395 e. The monoisotopic (exact) mass is 234 g/mol. The Kier molecular flexibility index (Phi) is 4.02. The molecule has 1 fully saturated rings. The Hall–Kier alpha value is -1.06. The van der Waals surface area contributed by atoms with Crippen LogP contribution in [0.15, 0.2) is 18.2 Å². The van der Waals surface area contributed by atoms with Crippen LogP contribution in [0.4, 0.5) is 5.69 Å². The molecule has 1 aliphatic rings. The molecule has 1 atom stereocenters. The van der Waals surface area contributed by atoms with Crippen LogP contribution in [0.3, 0.4) is 0 Å². The molecule has 17 heavy (non-hydrogen) atoms. The van der Waals surface area contributed by atoms with Crippen LogP contribution in [0.25, 0.3) is 0 Å². The summed E-state index contributed by atoms with van der Waals surface area (Å²) in [4.78, 5) is 2.44. The third-order valence-electron chi connectivity index (χ3n) is 3.44. The number of aliphatic hydroxyl groups excluding tert-OH is 1. The number of nitrogens with zero attached hydrogens (tertiary/aromatic N) is 1. The highest BCUT2D eigenvalue weighted by Crippen LogP contribution is 2.25. The summed E-state index contributed by atoms with van der Waals surface area (Å²) in [7, 11) is 0. The molecule has 0 saturated carbocycles. The molecule has 1 aromatic rings. The van der Waals surface area contributed by atoms with E-state index in [-0.39, 0.29) is 6.61 Å². The summed E-state index contributed by atoms with van der Waals surface area (Å²) < 4.78 is 0. The zero-order chi connectivity index (χ0) is 12.3. The molecule has 1 aromatic carbocycles. The first-order valence-corrected chi connectivity index (χ1v) is 6.37. The molecule has 0 aromatic heterocycles. The van der Waals surface area contributed by atoms with Gasteiger partial charge in [0.25, 0.3) is 0 Å². The van der Waals surface area contributed by atoms with E-state index in [1.807, 2.05) is 0 Å². The molecule has 0 radical (unpaired) electrons. The number of hydrogen-bond acceptors (Lipinski definition) is 3. The summed E-state index contributed by atoms with van der Waals surface area (Å²) in [5, 5.41) is 12.2. The van der Waals surface area contributed by atoms with Crippen molar-refractivity contribution in [3.8, 4) is 0 Å². The van der Waals surface area contributed by atoms with Crippen LogP contribution in [0.2, 0.25) is 0 Å². The molecule has 1 heterocycles. The topological polar surface area (TPSA) is 35.5 Å². The smallest absolute Gasteiger partial charge is 0.0556 e. The highest BCUT2D eigenvalue weighted by molar-refractivity contribution is 5.55. The van der Waals surface area contributed by atoms with E-state index in [9.17, 15) is 0 Å². The second kappa shape index (κ2) is 5.52. The number of hydrogen-bond donors (Lipinski definition) is 2. The average molecular weight is 234 g/mol. The van der Waals surface area contributed by atoms with Gasteiger partial charge in [0, 0.05) is 31.4 Å². The predicted molar refractivity (Wildman–Crippen MR) is 71.6 cm³/mol. The zero-order valence-electron chi connectivity index (χ0n) is 10.7. The SMILES string of the molecule is Cc1ccc(C)c(N2CCC(NCCO)C2)c1. The van der Waals surface area contributed by atoms with Gasteiger partial charge in [0.15, 0.2) is 0 Å². The van der Waals surface area contributed by atoms with Crippen LogP contribution in [-0.4, -0.2) is 37.4 Å². The molecule has 0 spiro atoms. The van der Waals surface area contributed by atoms with Crippen LogP contribution in [0.1, 0.15) is 17.5 Å². The first-order chi connectivity index (χ1) is 8.20. The van der Waals surface area contributed by atoms with Gasteiger partial charge in [-0.2, -0.15) is 0 Å². The van der Waals surface area contributed by atoms with Gasteiger partial charge in [-0.1, -0.05) is 12.1 Å². The lowest BCUT2D eigenvalue weighted by Gasteiger charge is -2.21. The lowest BCUT2D eigenvalue weighted by atomic mass is 10.1. The standard InChI is InChI=1S/C14H22N2O/c1-11-3-4-12(2)14(9-11)16-7-5-13(10-16)15-6-8-17/h3-4,9,13,15,17H,5-8,10H2,1-2H3. The van der Waals surface area contributed by atoms with Crippen molar-refractivity contribution in [3.63, 3.8) is 0 Å². The van der Waals surface area contributed by atoms with Gasteiger partial charge in [0.05, 0.1) is 6.61 Å². The first-order valence-electron chi connectivity index (χ1n) is 6.37. The number of benzene rings is 1. The molecule has 2 N–H and O–H groups in total. The van der Waals surface area contributed by atoms with E-state index in [1.165, 1.54) is 16.8 Å². The molecule has 3 nitrogen and oxygen atoms in total. The van der Waals surface area contributed by atoms with Crippen molar-refractivity contribution in [3.05, 3.63) is 29.3 Å². The maximum Gasteiger partial charge on any atom is 0.0556 e. The average Bonchev–Trinajstić information content (AvgIpc) is 2.78. The Morgan fingerprint density at radius 3 is 3.00 bits per heavy atom. The third-order valence-corrected chi connectivity index (χ3v) is 3.44. The summed E-state index contributed by atoms with van der Waals surface area (Å²) >= 11 is 0. The maximum atomic E-state index is 8.81. The molecule has 0 aliphatic carbocycles. The van der Waals surface area contributed by atoms with Crippen molar-refractivity contribution in [2.45, 2.75) is 26.3 Å². The Morgan fingerprint density at radius 2 is 2.24 bits per heavy atom. The summed E-state index contributed by atoms with van der Waals surface area (Å²) in [6.07, 6.45) is 1.16. The minimum absolute atomic E-state index is 0.222. The van der Waals surface area contributed by atoms with Gasteiger partial charge in [-0.05, 0) is 37.5 Å². The van der Waals surface area contributed by atoms with E-state index in [0.29, 0.717) is 12.6 Å². The van der Waals surface area contributed by atoms with Gasteiger partial charge in [-0.15, -0.1) is 0 Å². The number of rotatable bonds is 4. The lowest BCUT2D eigenvalue weighted by Crippen LogP contribution is -2.34. The zero-order valence-corrected chi connectivity index (χ0v) is 10.7. The largest absolute Gasteiger partial charge is 0.395 e. The van der Waals surface area contributed by atoms with Crippen LogP contribution in [0.5, 0.6) is 0 Å². The van der Waals surface area contributed by atoms with Crippen LogP contribution in [-0.2, 0) is 0 Å². The molecule has 0 bridgehead atoms. The number of aliphatic hydroxyl groups is 1. The van der Waals surface area contributed by atoms with E-state index in [2.05, 4.69) is 42.3 Å². The maximum absolute atomic E-state index is 8.81. The van der Waals surface area contributed by atoms with Gasteiger partial charge in [0.1, 0.15) is 0 Å². The van der Waals surface area contributed by atoms with Crippen LogP contribution < -0.4 is 10.2 Å². The van der Waals surface area contributed by atoms with Gasteiger partial charge in [-0.3, -0.25) is 0 Å². The Balaban J connectivity index is 2.02. The molecule has 1 saturated heterocycles. The molecule has 0 amide bonds. The minimum atomic E-state index is 0.222. The second-order valence-electron chi connectivity index (χ2n) is 4.90. The van der Waals surface area contributed by atoms with E-state index in [1.54, 1.807) is 0 Å². The molecule has 3 heteroatoms. The van der Waals surface area contributed by atoms with Crippen molar-refractivity contribution >= 4 is 5.69 Å².